The predicted molar refractivity (Wildman–Crippen MR) is 73.4 cm³/mol. The van der Waals surface area contributed by atoms with Gasteiger partial charge in [-0.05, 0) is 44.4 Å². The fourth-order valence-corrected chi connectivity index (χ4v) is 2.73. The van der Waals surface area contributed by atoms with Gasteiger partial charge >= 0.3 is 0 Å². The molecule has 106 valence electrons. The number of aromatic nitrogens is 1. The molecule has 2 rings (SSSR count). The van der Waals surface area contributed by atoms with E-state index in [1.165, 1.54) is 12.3 Å². The normalized spacial score (nSPS) is 27.4. The quantitative estimate of drug-likeness (QED) is 0.889. The zero-order chi connectivity index (χ0) is 13.7. The van der Waals surface area contributed by atoms with Crippen molar-refractivity contribution in [1.29, 1.82) is 0 Å². The number of hydrogen-bond acceptors (Lipinski definition) is 3. The zero-order valence-corrected chi connectivity index (χ0v) is 11.8. The monoisotopic (exact) mass is 266 g/mol. The van der Waals surface area contributed by atoms with Gasteiger partial charge in [0.2, 0.25) is 0 Å². The molecule has 1 aliphatic rings. The number of halogens is 1. The first-order valence-corrected chi connectivity index (χ1v) is 7.19. The Bertz CT molecular complexity index is 396. The third kappa shape index (κ3) is 3.31. The van der Waals surface area contributed by atoms with Crippen LogP contribution in [0.15, 0.2) is 18.3 Å². The maximum absolute atomic E-state index is 13.0. The molecule has 1 aromatic rings. The van der Waals surface area contributed by atoms with Crippen LogP contribution in [0.25, 0.3) is 0 Å². The van der Waals surface area contributed by atoms with E-state index in [1.54, 1.807) is 6.07 Å². The number of rotatable bonds is 5. The molecule has 0 aromatic carbocycles. The molecule has 0 radical (unpaired) electrons. The van der Waals surface area contributed by atoms with Crippen molar-refractivity contribution in [2.75, 3.05) is 13.2 Å². The summed E-state index contributed by atoms with van der Waals surface area (Å²) in [6, 6.07) is 3.67. The van der Waals surface area contributed by atoms with Gasteiger partial charge in [0.25, 0.3) is 0 Å². The second kappa shape index (κ2) is 6.44. The number of ether oxygens (including phenoxy) is 1. The molecule has 2 unspecified atom stereocenters. The number of nitrogens with one attached hydrogen (secondary N) is 1. The minimum absolute atomic E-state index is 0.300. The van der Waals surface area contributed by atoms with Crippen LogP contribution in [0.5, 0.6) is 0 Å². The van der Waals surface area contributed by atoms with Crippen LogP contribution in [-0.2, 0) is 10.3 Å². The van der Waals surface area contributed by atoms with Gasteiger partial charge in [-0.25, -0.2) is 4.39 Å². The van der Waals surface area contributed by atoms with Gasteiger partial charge in [0.05, 0.1) is 11.9 Å². The minimum Gasteiger partial charge on any atom is -0.369 e. The van der Waals surface area contributed by atoms with E-state index < -0.39 is 0 Å². The first-order chi connectivity index (χ1) is 9.20. The summed E-state index contributed by atoms with van der Waals surface area (Å²) in [5.41, 5.74) is 0.483. The highest BCUT2D eigenvalue weighted by atomic mass is 19.1. The Hall–Kier alpha value is -1.00. The third-order valence-corrected chi connectivity index (χ3v) is 3.87. The fraction of sp³-hybridized carbons (Fsp3) is 0.667. The Labute approximate surface area is 114 Å². The molecule has 0 amide bonds. The molecule has 19 heavy (non-hydrogen) atoms. The zero-order valence-electron chi connectivity index (χ0n) is 11.8. The molecule has 2 atom stereocenters. The summed E-state index contributed by atoms with van der Waals surface area (Å²) in [7, 11) is 0. The summed E-state index contributed by atoms with van der Waals surface area (Å²) < 4.78 is 19.0. The first kappa shape index (κ1) is 14.4. The molecule has 1 fully saturated rings. The van der Waals surface area contributed by atoms with E-state index in [9.17, 15) is 4.39 Å². The lowest BCUT2D eigenvalue weighted by molar-refractivity contribution is -0.0995. The number of pyridine rings is 1. The molecular weight excluding hydrogens is 243 g/mol. The molecule has 0 aliphatic carbocycles. The molecule has 3 nitrogen and oxygen atoms in total. The van der Waals surface area contributed by atoms with Crippen molar-refractivity contribution in [1.82, 2.24) is 10.3 Å². The van der Waals surface area contributed by atoms with Crippen molar-refractivity contribution in [3.8, 4) is 0 Å². The Balaban J connectivity index is 2.14. The lowest BCUT2D eigenvalue weighted by atomic mass is 9.85. The topological polar surface area (TPSA) is 34.1 Å². The molecular formula is C15H23FN2O. The number of hydrogen-bond donors (Lipinski definition) is 1. The molecule has 0 spiro atoms. The first-order valence-electron chi connectivity index (χ1n) is 7.19. The van der Waals surface area contributed by atoms with Crippen molar-refractivity contribution in [2.24, 2.45) is 0 Å². The highest BCUT2D eigenvalue weighted by molar-refractivity contribution is 5.15. The van der Waals surface area contributed by atoms with Gasteiger partial charge in [-0.3, -0.25) is 4.98 Å². The van der Waals surface area contributed by atoms with E-state index >= 15 is 0 Å². The summed E-state index contributed by atoms with van der Waals surface area (Å²) in [6.45, 7) is 6.03. The molecule has 2 heterocycles. The van der Waals surface area contributed by atoms with E-state index in [4.69, 9.17) is 4.74 Å². The molecule has 4 heteroatoms. The standard InChI is InChI=1S/C15H23FN2O/c1-3-8-17-13-7-9-19-15(4-2,10-13)14-6-5-12(16)11-18-14/h5-6,11,13,17H,3-4,7-10H2,1-2H3. The van der Waals surface area contributed by atoms with E-state index in [2.05, 4.69) is 24.1 Å². The van der Waals surface area contributed by atoms with E-state index in [0.717, 1.165) is 44.5 Å². The Morgan fingerprint density at radius 2 is 2.32 bits per heavy atom. The lowest BCUT2D eigenvalue weighted by Crippen LogP contribution is -2.45. The van der Waals surface area contributed by atoms with Crippen LogP contribution in [0, 0.1) is 5.82 Å². The second-order valence-corrected chi connectivity index (χ2v) is 5.20. The average molecular weight is 266 g/mol. The minimum atomic E-state index is -0.364. The fourth-order valence-electron chi connectivity index (χ4n) is 2.73. The molecule has 1 N–H and O–H groups in total. The molecule has 0 saturated carbocycles. The van der Waals surface area contributed by atoms with Crippen LogP contribution in [0.2, 0.25) is 0 Å². The van der Waals surface area contributed by atoms with Gasteiger partial charge in [-0.15, -0.1) is 0 Å². The lowest BCUT2D eigenvalue weighted by Gasteiger charge is -2.40. The summed E-state index contributed by atoms with van der Waals surface area (Å²) in [5, 5.41) is 3.56. The summed E-state index contributed by atoms with van der Waals surface area (Å²) in [4.78, 5) is 4.23. The van der Waals surface area contributed by atoms with Crippen molar-refractivity contribution < 1.29 is 9.13 Å². The van der Waals surface area contributed by atoms with Gasteiger partial charge in [0.1, 0.15) is 11.4 Å². The smallest absolute Gasteiger partial charge is 0.141 e. The molecule has 0 bridgehead atoms. The Morgan fingerprint density at radius 1 is 1.47 bits per heavy atom. The van der Waals surface area contributed by atoms with E-state index in [-0.39, 0.29) is 11.4 Å². The van der Waals surface area contributed by atoms with Crippen LogP contribution < -0.4 is 5.32 Å². The van der Waals surface area contributed by atoms with Crippen LogP contribution in [-0.4, -0.2) is 24.2 Å². The third-order valence-electron chi connectivity index (χ3n) is 3.87. The highest BCUT2D eigenvalue weighted by Crippen LogP contribution is 2.37. The van der Waals surface area contributed by atoms with E-state index in [1.807, 2.05) is 0 Å². The Kier molecular flexibility index (Phi) is 4.88. The highest BCUT2D eigenvalue weighted by Gasteiger charge is 2.38. The van der Waals surface area contributed by atoms with Gasteiger partial charge < -0.3 is 10.1 Å². The SMILES string of the molecule is CCCNC1CCOC(CC)(c2ccc(F)cn2)C1. The molecule has 1 aliphatic heterocycles. The van der Waals surface area contributed by atoms with Crippen LogP contribution >= 0.6 is 0 Å². The largest absolute Gasteiger partial charge is 0.369 e. The maximum Gasteiger partial charge on any atom is 0.141 e. The van der Waals surface area contributed by atoms with Crippen LogP contribution in [0.3, 0.4) is 0 Å². The summed E-state index contributed by atoms with van der Waals surface area (Å²) in [5.74, 6) is -0.300. The Morgan fingerprint density at radius 3 is 2.95 bits per heavy atom. The second-order valence-electron chi connectivity index (χ2n) is 5.20. The number of nitrogens with zero attached hydrogens (tertiary/aromatic N) is 1. The van der Waals surface area contributed by atoms with Crippen molar-refractivity contribution in [2.45, 2.75) is 51.2 Å². The van der Waals surface area contributed by atoms with Gasteiger partial charge in [0, 0.05) is 12.6 Å². The van der Waals surface area contributed by atoms with Gasteiger partial charge in [-0.2, -0.15) is 0 Å². The van der Waals surface area contributed by atoms with Crippen molar-refractivity contribution in [3.63, 3.8) is 0 Å². The van der Waals surface area contributed by atoms with Gasteiger partial charge in [-0.1, -0.05) is 13.8 Å². The van der Waals surface area contributed by atoms with Crippen molar-refractivity contribution >= 4 is 0 Å². The van der Waals surface area contributed by atoms with E-state index in [0.29, 0.717) is 6.04 Å². The van der Waals surface area contributed by atoms with Crippen LogP contribution in [0.4, 0.5) is 4.39 Å². The molecule has 1 aromatic heterocycles. The maximum atomic E-state index is 13.0. The summed E-state index contributed by atoms with van der Waals surface area (Å²) >= 11 is 0. The average Bonchev–Trinajstić information content (AvgIpc) is 2.46. The molecule has 1 saturated heterocycles. The van der Waals surface area contributed by atoms with Crippen LogP contribution in [0.1, 0.15) is 45.2 Å². The summed E-state index contributed by atoms with van der Waals surface area (Å²) in [6.07, 6.45) is 5.20. The van der Waals surface area contributed by atoms with Gasteiger partial charge in [0.15, 0.2) is 0 Å². The predicted octanol–water partition coefficient (Wildman–Crippen LogP) is 3.00. The van der Waals surface area contributed by atoms with Crippen molar-refractivity contribution in [3.05, 3.63) is 29.8 Å².